The number of nitrogens with zero attached hydrogens (tertiary/aromatic N) is 2. The third kappa shape index (κ3) is 5.10. The van der Waals surface area contributed by atoms with Crippen LogP contribution in [0.4, 0.5) is 26.3 Å². The van der Waals surface area contributed by atoms with Gasteiger partial charge in [-0.3, -0.25) is 9.78 Å². The van der Waals surface area contributed by atoms with E-state index in [2.05, 4.69) is 4.98 Å². The van der Waals surface area contributed by atoms with Crippen LogP contribution in [-0.4, -0.2) is 35.1 Å². The van der Waals surface area contributed by atoms with Crippen LogP contribution in [0.2, 0.25) is 0 Å². The molecule has 0 spiro atoms. The molecule has 9 heteroatoms. The molecule has 1 aliphatic heterocycles. The van der Waals surface area contributed by atoms with Crippen LogP contribution < -0.4 is 0 Å². The van der Waals surface area contributed by atoms with Crippen molar-refractivity contribution in [2.75, 3.05) is 13.1 Å². The van der Waals surface area contributed by atoms with Crippen molar-refractivity contribution in [2.24, 2.45) is 0 Å². The number of pyridine rings is 1. The van der Waals surface area contributed by atoms with Gasteiger partial charge in [-0.15, -0.1) is 0 Å². The van der Waals surface area contributed by atoms with Crippen molar-refractivity contribution < 1.29 is 31.1 Å². The van der Waals surface area contributed by atoms with Crippen molar-refractivity contribution in [1.29, 1.82) is 0 Å². The monoisotopic (exact) mass is 354 g/mol. The maximum absolute atomic E-state index is 12.7. The van der Waals surface area contributed by atoms with Crippen LogP contribution >= 0.6 is 0 Å². The van der Waals surface area contributed by atoms with Crippen LogP contribution in [0.3, 0.4) is 0 Å². The van der Waals surface area contributed by atoms with Crippen LogP contribution in [0.1, 0.15) is 42.9 Å². The molecule has 3 nitrogen and oxygen atoms in total. The summed E-state index contributed by atoms with van der Waals surface area (Å²) in [7, 11) is 0. The zero-order valence-electron chi connectivity index (χ0n) is 12.6. The van der Waals surface area contributed by atoms with Crippen molar-refractivity contribution in [3.63, 3.8) is 0 Å². The lowest BCUT2D eigenvalue weighted by Crippen LogP contribution is -2.38. The molecule has 2 rings (SSSR count). The van der Waals surface area contributed by atoms with Crippen LogP contribution in [-0.2, 0) is 11.0 Å². The first-order valence-electron chi connectivity index (χ1n) is 7.44. The molecule has 1 amide bonds. The summed E-state index contributed by atoms with van der Waals surface area (Å²) >= 11 is 0. The van der Waals surface area contributed by atoms with E-state index in [-0.39, 0.29) is 19.0 Å². The number of hydrogen-bond donors (Lipinski definition) is 0. The molecule has 0 saturated carbocycles. The maximum Gasteiger partial charge on any atom is 0.416 e. The third-order valence-electron chi connectivity index (χ3n) is 4.00. The van der Waals surface area contributed by atoms with E-state index in [4.69, 9.17) is 0 Å². The predicted octanol–water partition coefficient (Wildman–Crippen LogP) is 4.15. The predicted molar refractivity (Wildman–Crippen MR) is 73.1 cm³/mol. The first-order valence-corrected chi connectivity index (χ1v) is 7.44. The number of likely N-dealkylation sites (tertiary alicyclic amines) is 1. The highest BCUT2D eigenvalue weighted by Crippen LogP contribution is 2.33. The molecule has 0 aromatic carbocycles. The molecular weight excluding hydrogens is 338 g/mol. The summed E-state index contributed by atoms with van der Waals surface area (Å²) in [4.78, 5) is 17.0. The quantitative estimate of drug-likeness (QED) is 0.764. The second-order valence-electron chi connectivity index (χ2n) is 5.74. The maximum atomic E-state index is 12.7. The minimum atomic E-state index is -4.45. The van der Waals surface area contributed by atoms with Gasteiger partial charge in [0, 0.05) is 37.3 Å². The fraction of sp³-hybridized carbons (Fsp3) is 0.600. The molecular formula is C15H16F6N2O. The molecule has 24 heavy (non-hydrogen) atoms. The van der Waals surface area contributed by atoms with E-state index in [0.29, 0.717) is 18.5 Å². The van der Waals surface area contributed by atoms with E-state index < -0.39 is 36.7 Å². The highest BCUT2D eigenvalue weighted by molar-refractivity contribution is 5.76. The van der Waals surface area contributed by atoms with E-state index >= 15 is 0 Å². The Labute approximate surface area is 134 Å². The van der Waals surface area contributed by atoms with E-state index in [0.717, 1.165) is 18.3 Å². The molecule has 0 unspecified atom stereocenters. The average Bonchev–Trinajstić information content (AvgIpc) is 2.51. The lowest BCUT2D eigenvalue weighted by molar-refractivity contribution is -0.149. The van der Waals surface area contributed by atoms with E-state index in [1.807, 2.05) is 0 Å². The Balaban J connectivity index is 1.92. The molecule has 134 valence electrons. The molecule has 0 radical (unpaired) electrons. The summed E-state index contributed by atoms with van der Waals surface area (Å²) in [6, 6.07) is 1.88. The number of aromatic nitrogens is 1. The molecule has 0 bridgehead atoms. The number of halogens is 6. The van der Waals surface area contributed by atoms with Gasteiger partial charge in [-0.05, 0) is 25.0 Å². The van der Waals surface area contributed by atoms with Gasteiger partial charge < -0.3 is 4.90 Å². The lowest BCUT2D eigenvalue weighted by atomic mass is 9.92. The standard InChI is InChI=1S/C15H16F6N2O/c16-14(17,18)5-1-13(24)23-7-3-10(4-8-23)12-9-11(2-6-22-12)15(19,20)21/h2,6,9-10H,1,3-5,7-8H2. The summed E-state index contributed by atoms with van der Waals surface area (Å²) in [5, 5.41) is 0. The van der Waals surface area contributed by atoms with Crippen molar-refractivity contribution in [1.82, 2.24) is 9.88 Å². The topological polar surface area (TPSA) is 33.2 Å². The summed E-state index contributed by atoms with van der Waals surface area (Å²) < 4.78 is 74.5. The minimum Gasteiger partial charge on any atom is -0.343 e. The lowest BCUT2D eigenvalue weighted by Gasteiger charge is -2.32. The summed E-state index contributed by atoms with van der Waals surface area (Å²) in [5.74, 6) is -0.818. The highest BCUT2D eigenvalue weighted by Gasteiger charge is 2.33. The van der Waals surface area contributed by atoms with Gasteiger partial charge in [0.1, 0.15) is 0 Å². The second-order valence-corrected chi connectivity index (χ2v) is 5.74. The Hall–Kier alpha value is -1.80. The van der Waals surface area contributed by atoms with Crippen molar-refractivity contribution in [2.45, 2.75) is 44.0 Å². The number of carbonyl (C=O) groups excluding carboxylic acids is 1. The van der Waals surface area contributed by atoms with Crippen LogP contribution in [0.5, 0.6) is 0 Å². The summed E-state index contributed by atoms with van der Waals surface area (Å²) in [5.41, 5.74) is -0.483. The van der Waals surface area contributed by atoms with E-state index in [1.54, 1.807) is 0 Å². The third-order valence-corrected chi connectivity index (χ3v) is 4.00. The van der Waals surface area contributed by atoms with Gasteiger partial charge in [-0.25, -0.2) is 0 Å². The van der Waals surface area contributed by atoms with E-state index in [1.165, 1.54) is 4.90 Å². The van der Waals surface area contributed by atoms with Crippen LogP contribution in [0.15, 0.2) is 18.3 Å². The molecule has 2 heterocycles. The van der Waals surface area contributed by atoms with Crippen LogP contribution in [0.25, 0.3) is 0 Å². The fourth-order valence-corrected chi connectivity index (χ4v) is 2.68. The minimum absolute atomic E-state index is 0.222. The SMILES string of the molecule is O=C(CCC(F)(F)F)N1CCC(c2cc(C(F)(F)F)ccn2)CC1. The van der Waals surface area contributed by atoms with Crippen molar-refractivity contribution in [3.05, 3.63) is 29.6 Å². The van der Waals surface area contributed by atoms with Gasteiger partial charge in [-0.1, -0.05) is 0 Å². The molecule has 1 aliphatic rings. The largest absolute Gasteiger partial charge is 0.416 e. The first-order chi connectivity index (χ1) is 11.1. The Bertz CT molecular complexity index is 576. The highest BCUT2D eigenvalue weighted by atomic mass is 19.4. The number of rotatable bonds is 3. The second kappa shape index (κ2) is 6.98. The van der Waals surface area contributed by atoms with Crippen molar-refractivity contribution in [3.8, 4) is 0 Å². The average molecular weight is 354 g/mol. The zero-order chi connectivity index (χ0) is 18.0. The number of carbonyl (C=O) groups is 1. The Morgan fingerprint density at radius 2 is 1.79 bits per heavy atom. The van der Waals surface area contributed by atoms with Crippen LogP contribution in [0, 0.1) is 0 Å². The number of piperidine rings is 1. The first kappa shape index (κ1) is 18.5. The zero-order valence-corrected chi connectivity index (χ0v) is 12.6. The van der Waals surface area contributed by atoms with E-state index in [9.17, 15) is 31.1 Å². The molecule has 1 aromatic heterocycles. The molecule has 0 aliphatic carbocycles. The van der Waals surface area contributed by atoms with Gasteiger partial charge >= 0.3 is 12.4 Å². The van der Waals surface area contributed by atoms with Gasteiger partial charge in [-0.2, -0.15) is 26.3 Å². The van der Waals surface area contributed by atoms with Gasteiger partial charge in [0.2, 0.25) is 5.91 Å². The molecule has 1 aromatic rings. The molecule has 1 saturated heterocycles. The van der Waals surface area contributed by atoms with Crippen molar-refractivity contribution >= 4 is 5.91 Å². The number of amides is 1. The smallest absolute Gasteiger partial charge is 0.343 e. The normalized spacial score (nSPS) is 17.2. The molecule has 0 atom stereocenters. The van der Waals surface area contributed by atoms with Gasteiger partial charge in [0.25, 0.3) is 0 Å². The van der Waals surface area contributed by atoms with Gasteiger partial charge in [0.05, 0.1) is 12.0 Å². The Kier molecular flexibility index (Phi) is 5.39. The summed E-state index contributed by atoms with van der Waals surface area (Å²) in [6.45, 7) is 0.443. The Morgan fingerprint density at radius 3 is 2.33 bits per heavy atom. The number of hydrogen-bond acceptors (Lipinski definition) is 2. The number of alkyl halides is 6. The molecule has 1 fully saturated rings. The fourth-order valence-electron chi connectivity index (χ4n) is 2.68. The van der Waals surface area contributed by atoms with Gasteiger partial charge in [0.15, 0.2) is 0 Å². The summed E-state index contributed by atoms with van der Waals surface area (Å²) in [6.07, 6.45) is -8.74. The molecule has 0 N–H and O–H groups in total. The Morgan fingerprint density at radius 1 is 1.17 bits per heavy atom.